The molecule has 1 amide bonds. The minimum absolute atomic E-state index is 0.113. The van der Waals surface area contributed by atoms with Crippen LogP contribution in [0.5, 0.6) is 0 Å². The summed E-state index contributed by atoms with van der Waals surface area (Å²) in [6.45, 7) is 1.77. The van der Waals surface area contributed by atoms with Crippen molar-refractivity contribution in [2.45, 2.75) is 25.7 Å². The van der Waals surface area contributed by atoms with Gasteiger partial charge in [0.05, 0.1) is 5.56 Å². The summed E-state index contributed by atoms with van der Waals surface area (Å²) in [4.78, 5) is 18.2. The predicted octanol–water partition coefficient (Wildman–Crippen LogP) is 2.86. The highest BCUT2D eigenvalue weighted by Gasteiger charge is 2.17. The number of hydrogen-bond acceptors (Lipinski definition) is 2. The number of aromatic nitrogens is 1. The first-order valence-corrected chi connectivity index (χ1v) is 6.47. The number of nitrogens with zero attached hydrogens (tertiary/aromatic N) is 2. The Morgan fingerprint density at radius 3 is 2.44 bits per heavy atom. The quantitative estimate of drug-likeness (QED) is 0.742. The Balaban J connectivity index is 2.08. The highest BCUT2D eigenvalue weighted by molar-refractivity contribution is 9.10. The fraction of sp³-hybridized carbons (Fsp3) is 0.500. The maximum Gasteiger partial charge on any atom is 0.255 e. The molecule has 4 heteroatoms. The number of carbonyl (C=O) groups is 1. The van der Waals surface area contributed by atoms with Crippen molar-refractivity contribution >= 4 is 21.8 Å². The summed E-state index contributed by atoms with van der Waals surface area (Å²) in [6.07, 6.45) is 6.35. The number of hydrogen-bond donors (Lipinski definition) is 0. The van der Waals surface area contributed by atoms with Crippen LogP contribution in [0.4, 0.5) is 0 Å². The summed E-state index contributed by atoms with van der Waals surface area (Å²) >= 11 is 3.27. The van der Waals surface area contributed by atoms with Crippen LogP contribution in [-0.2, 0) is 0 Å². The molecule has 0 radical (unpaired) electrons. The normalized spacial score (nSPS) is 16.9. The van der Waals surface area contributed by atoms with Crippen molar-refractivity contribution < 1.29 is 4.79 Å². The molecule has 0 unspecified atom stereocenters. The number of likely N-dealkylation sites (tertiary alicyclic amines) is 1. The Hall–Kier alpha value is -0.900. The highest BCUT2D eigenvalue weighted by Crippen LogP contribution is 2.14. The molecule has 1 aliphatic heterocycles. The van der Waals surface area contributed by atoms with E-state index in [2.05, 4.69) is 20.9 Å². The zero-order valence-corrected chi connectivity index (χ0v) is 10.7. The Morgan fingerprint density at radius 1 is 1.19 bits per heavy atom. The van der Waals surface area contributed by atoms with E-state index in [1.807, 2.05) is 17.0 Å². The van der Waals surface area contributed by atoms with Gasteiger partial charge < -0.3 is 4.90 Å². The lowest BCUT2D eigenvalue weighted by atomic mass is 10.2. The molecule has 0 N–H and O–H groups in total. The summed E-state index contributed by atoms with van der Waals surface area (Å²) in [5.41, 5.74) is 0.685. The average molecular weight is 283 g/mol. The van der Waals surface area contributed by atoms with Crippen molar-refractivity contribution in [2.24, 2.45) is 0 Å². The molecule has 0 saturated carbocycles. The van der Waals surface area contributed by atoms with Crippen LogP contribution in [0, 0.1) is 0 Å². The van der Waals surface area contributed by atoms with Gasteiger partial charge in [0.2, 0.25) is 0 Å². The van der Waals surface area contributed by atoms with Gasteiger partial charge >= 0.3 is 0 Å². The molecular weight excluding hydrogens is 268 g/mol. The molecule has 0 atom stereocenters. The predicted molar refractivity (Wildman–Crippen MR) is 66.3 cm³/mol. The minimum Gasteiger partial charge on any atom is -0.339 e. The molecule has 1 aromatic rings. The van der Waals surface area contributed by atoms with Gasteiger partial charge in [-0.1, -0.05) is 12.8 Å². The molecule has 1 fully saturated rings. The Labute approximate surface area is 104 Å². The van der Waals surface area contributed by atoms with Crippen LogP contribution in [0.1, 0.15) is 36.0 Å². The lowest BCUT2D eigenvalue weighted by Gasteiger charge is -2.19. The van der Waals surface area contributed by atoms with Gasteiger partial charge in [-0.25, -0.2) is 4.98 Å². The summed E-state index contributed by atoms with van der Waals surface area (Å²) < 4.78 is 0.764. The van der Waals surface area contributed by atoms with Crippen LogP contribution in [0.3, 0.4) is 0 Å². The van der Waals surface area contributed by atoms with E-state index >= 15 is 0 Å². The molecule has 86 valence electrons. The largest absolute Gasteiger partial charge is 0.339 e. The Bertz CT molecular complexity index is 356. The molecule has 0 spiro atoms. The molecule has 3 nitrogen and oxygen atoms in total. The Kier molecular flexibility index (Phi) is 3.93. The van der Waals surface area contributed by atoms with Crippen molar-refractivity contribution in [1.29, 1.82) is 0 Å². The molecule has 0 bridgehead atoms. The van der Waals surface area contributed by atoms with Crippen molar-refractivity contribution in [3.63, 3.8) is 0 Å². The second-order valence-corrected chi connectivity index (χ2v) is 4.89. The maximum absolute atomic E-state index is 12.1. The second-order valence-electron chi connectivity index (χ2n) is 4.08. The van der Waals surface area contributed by atoms with Gasteiger partial charge in [0.1, 0.15) is 4.60 Å². The van der Waals surface area contributed by atoms with Gasteiger partial charge in [-0.05, 0) is 40.9 Å². The summed E-state index contributed by atoms with van der Waals surface area (Å²) in [7, 11) is 0. The third-order valence-corrected chi connectivity index (χ3v) is 3.34. The number of amides is 1. The topological polar surface area (TPSA) is 33.2 Å². The number of halogens is 1. The van der Waals surface area contributed by atoms with E-state index < -0.39 is 0 Å². The van der Waals surface area contributed by atoms with Crippen LogP contribution >= 0.6 is 15.9 Å². The fourth-order valence-corrected chi connectivity index (χ4v) is 2.19. The maximum atomic E-state index is 12.1. The molecule has 1 saturated heterocycles. The van der Waals surface area contributed by atoms with Crippen LogP contribution in [0.2, 0.25) is 0 Å². The summed E-state index contributed by atoms with van der Waals surface area (Å²) in [6, 6.07) is 3.63. The summed E-state index contributed by atoms with van der Waals surface area (Å²) in [5, 5.41) is 0. The second kappa shape index (κ2) is 5.43. The SMILES string of the molecule is O=C(c1ccc(Br)nc1)N1CCCCCC1. The third kappa shape index (κ3) is 2.82. The standard InChI is InChI=1S/C12H15BrN2O/c13-11-6-5-10(9-14-11)12(16)15-7-3-1-2-4-8-15/h5-6,9H,1-4,7-8H2. The Morgan fingerprint density at radius 2 is 1.88 bits per heavy atom. The van der Waals surface area contributed by atoms with Gasteiger partial charge in [-0.3, -0.25) is 4.79 Å². The zero-order valence-electron chi connectivity index (χ0n) is 9.16. The fourth-order valence-electron chi connectivity index (χ4n) is 1.96. The van der Waals surface area contributed by atoms with E-state index in [0.717, 1.165) is 30.5 Å². The van der Waals surface area contributed by atoms with E-state index in [9.17, 15) is 4.79 Å². The van der Waals surface area contributed by atoms with Crippen LogP contribution < -0.4 is 0 Å². The van der Waals surface area contributed by atoms with E-state index in [1.165, 1.54) is 12.8 Å². The molecule has 2 heterocycles. The summed E-state index contributed by atoms with van der Waals surface area (Å²) in [5.74, 6) is 0.113. The van der Waals surface area contributed by atoms with Crippen molar-refractivity contribution in [2.75, 3.05) is 13.1 Å². The molecule has 1 aliphatic rings. The molecule has 0 aliphatic carbocycles. The molecule has 0 aromatic carbocycles. The van der Waals surface area contributed by atoms with Gasteiger partial charge in [-0.2, -0.15) is 0 Å². The lowest BCUT2D eigenvalue weighted by Crippen LogP contribution is -2.31. The lowest BCUT2D eigenvalue weighted by molar-refractivity contribution is 0.0761. The molecule has 16 heavy (non-hydrogen) atoms. The third-order valence-electron chi connectivity index (χ3n) is 2.87. The van der Waals surface area contributed by atoms with Gasteiger partial charge in [-0.15, -0.1) is 0 Å². The highest BCUT2D eigenvalue weighted by atomic mass is 79.9. The van der Waals surface area contributed by atoms with E-state index in [-0.39, 0.29) is 5.91 Å². The molecular formula is C12H15BrN2O. The first kappa shape index (κ1) is 11.6. The van der Waals surface area contributed by atoms with E-state index in [4.69, 9.17) is 0 Å². The monoisotopic (exact) mass is 282 g/mol. The number of rotatable bonds is 1. The van der Waals surface area contributed by atoms with Crippen LogP contribution in [-0.4, -0.2) is 28.9 Å². The van der Waals surface area contributed by atoms with Crippen LogP contribution in [0.15, 0.2) is 22.9 Å². The first-order chi connectivity index (χ1) is 7.77. The minimum atomic E-state index is 0.113. The number of pyridine rings is 1. The number of carbonyl (C=O) groups excluding carboxylic acids is 1. The van der Waals surface area contributed by atoms with Gasteiger partial charge in [0, 0.05) is 19.3 Å². The van der Waals surface area contributed by atoms with E-state index in [0.29, 0.717) is 5.56 Å². The molecule has 1 aromatic heterocycles. The van der Waals surface area contributed by atoms with Gasteiger partial charge in [0.15, 0.2) is 0 Å². The average Bonchev–Trinajstić information content (AvgIpc) is 2.57. The molecule has 2 rings (SSSR count). The van der Waals surface area contributed by atoms with Crippen LogP contribution in [0.25, 0.3) is 0 Å². The van der Waals surface area contributed by atoms with Crippen molar-refractivity contribution in [3.8, 4) is 0 Å². The van der Waals surface area contributed by atoms with E-state index in [1.54, 1.807) is 6.20 Å². The van der Waals surface area contributed by atoms with Crippen molar-refractivity contribution in [1.82, 2.24) is 9.88 Å². The first-order valence-electron chi connectivity index (χ1n) is 5.68. The van der Waals surface area contributed by atoms with Crippen molar-refractivity contribution in [3.05, 3.63) is 28.5 Å². The van der Waals surface area contributed by atoms with Gasteiger partial charge in [0.25, 0.3) is 5.91 Å². The smallest absolute Gasteiger partial charge is 0.255 e. The zero-order chi connectivity index (χ0) is 11.4.